The number of pyridine rings is 2. The highest BCUT2D eigenvalue weighted by Gasteiger charge is 2.08. The average Bonchev–Trinajstić information content (AvgIpc) is 2.17. The van der Waals surface area contributed by atoms with E-state index in [0.29, 0.717) is 16.5 Å². The van der Waals surface area contributed by atoms with E-state index in [1.54, 1.807) is 12.3 Å². The zero-order valence-corrected chi connectivity index (χ0v) is 9.30. The van der Waals surface area contributed by atoms with Gasteiger partial charge in [-0.3, -0.25) is 4.79 Å². The minimum Gasteiger partial charge on any atom is -0.328 e. The van der Waals surface area contributed by atoms with Crippen LogP contribution in [0.5, 0.6) is 0 Å². The molecule has 0 radical (unpaired) electrons. The molecule has 0 spiro atoms. The third-order valence-electron chi connectivity index (χ3n) is 2.41. The fourth-order valence-electron chi connectivity index (χ4n) is 1.63. The maximum atomic E-state index is 11.5. The van der Waals surface area contributed by atoms with E-state index in [1.165, 1.54) is 6.20 Å². The van der Waals surface area contributed by atoms with Crippen LogP contribution in [0.15, 0.2) is 23.3 Å². The second kappa shape index (κ2) is 3.66. The molecule has 0 aliphatic heterocycles. The standard InChI is InChI=1S/C11H11ClN2O/c1-6(2)8-4-14-11(15)9-5-13-10(12)3-7(8)9/h3-6H,1-2H3,(H,14,15). The first-order chi connectivity index (χ1) is 7.09. The van der Waals surface area contributed by atoms with Gasteiger partial charge in [0.05, 0.1) is 5.39 Å². The topological polar surface area (TPSA) is 45.8 Å². The van der Waals surface area contributed by atoms with Crippen molar-refractivity contribution in [2.45, 2.75) is 19.8 Å². The first-order valence-electron chi connectivity index (χ1n) is 4.76. The summed E-state index contributed by atoms with van der Waals surface area (Å²) in [6, 6.07) is 1.74. The van der Waals surface area contributed by atoms with Gasteiger partial charge in [-0.2, -0.15) is 0 Å². The molecule has 2 rings (SSSR count). The molecule has 15 heavy (non-hydrogen) atoms. The van der Waals surface area contributed by atoms with Crippen molar-refractivity contribution < 1.29 is 0 Å². The molecule has 0 aromatic carbocycles. The van der Waals surface area contributed by atoms with Crippen LogP contribution in [0.1, 0.15) is 25.3 Å². The molecular formula is C11H11ClN2O. The maximum absolute atomic E-state index is 11.5. The highest BCUT2D eigenvalue weighted by Crippen LogP contribution is 2.23. The SMILES string of the molecule is CC(C)c1c[nH]c(=O)c2cnc(Cl)cc12. The smallest absolute Gasteiger partial charge is 0.257 e. The second-order valence-electron chi connectivity index (χ2n) is 3.78. The summed E-state index contributed by atoms with van der Waals surface area (Å²) in [5, 5.41) is 1.88. The summed E-state index contributed by atoms with van der Waals surface area (Å²) in [7, 11) is 0. The Bertz CT molecular complexity index is 560. The van der Waals surface area contributed by atoms with Crippen molar-refractivity contribution >= 4 is 22.4 Å². The third-order valence-corrected chi connectivity index (χ3v) is 2.61. The van der Waals surface area contributed by atoms with E-state index >= 15 is 0 Å². The molecule has 0 unspecified atom stereocenters. The van der Waals surface area contributed by atoms with Crippen LogP contribution < -0.4 is 5.56 Å². The zero-order chi connectivity index (χ0) is 11.0. The van der Waals surface area contributed by atoms with Gasteiger partial charge in [0.25, 0.3) is 5.56 Å². The van der Waals surface area contributed by atoms with E-state index in [-0.39, 0.29) is 5.56 Å². The monoisotopic (exact) mass is 222 g/mol. The number of hydrogen-bond donors (Lipinski definition) is 1. The molecule has 2 aromatic rings. The van der Waals surface area contributed by atoms with Gasteiger partial charge in [0, 0.05) is 12.4 Å². The van der Waals surface area contributed by atoms with Crippen LogP contribution in [0, 0.1) is 0 Å². The molecule has 0 amide bonds. The lowest BCUT2D eigenvalue weighted by Crippen LogP contribution is -2.08. The Kier molecular flexibility index (Phi) is 2.49. The lowest BCUT2D eigenvalue weighted by molar-refractivity contribution is 0.867. The summed E-state index contributed by atoms with van der Waals surface area (Å²) >= 11 is 5.82. The molecule has 0 saturated heterocycles. The highest BCUT2D eigenvalue weighted by atomic mass is 35.5. The summed E-state index contributed by atoms with van der Waals surface area (Å²) in [6.45, 7) is 4.14. The van der Waals surface area contributed by atoms with Crippen LogP contribution in [-0.4, -0.2) is 9.97 Å². The van der Waals surface area contributed by atoms with Crippen LogP contribution >= 0.6 is 11.6 Å². The molecule has 0 aliphatic carbocycles. The maximum Gasteiger partial charge on any atom is 0.257 e. The molecule has 0 aliphatic rings. The van der Waals surface area contributed by atoms with E-state index in [2.05, 4.69) is 23.8 Å². The summed E-state index contributed by atoms with van der Waals surface area (Å²) < 4.78 is 0. The number of aromatic nitrogens is 2. The fraction of sp³-hybridized carbons (Fsp3) is 0.273. The van der Waals surface area contributed by atoms with E-state index < -0.39 is 0 Å². The van der Waals surface area contributed by atoms with Crippen molar-refractivity contribution in [3.05, 3.63) is 39.5 Å². The number of fused-ring (bicyclic) bond motifs is 1. The van der Waals surface area contributed by atoms with Gasteiger partial charge >= 0.3 is 0 Å². The van der Waals surface area contributed by atoms with Crippen molar-refractivity contribution in [1.82, 2.24) is 9.97 Å². The number of H-pyrrole nitrogens is 1. The molecule has 1 N–H and O–H groups in total. The van der Waals surface area contributed by atoms with Crippen molar-refractivity contribution in [3.63, 3.8) is 0 Å². The normalized spacial score (nSPS) is 11.2. The average molecular weight is 223 g/mol. The number of halogens is 1. The van der Waals surface area contributed by atoms with Gasteiger partial charge in [-0.05, 0) is 22.9 Å². The predicted molar refractivity (Wildman–Crippen MR) is 61.5 cm³/mol. The number of nitrogens with zero attached hydrogens (tertiary/aromatic N) is 1. The number of rotatable bonds is 1. The summed E-state index contributed by atoms with van der Waals surface area (Å²) in [5.74, 6) is 0.336. The van der Waals surface area contributed by atoms with Crippen LogP contribution in [-0.2, 0) is 0 Å². The summed E-state index contributed by atoms with van der Waals surface area (Å²) in [4.78, 5) is 18.1. The van der Waals surface area contributed by atoms with Gasteiger partial charge in [-0.1, -0.05) is 25.4 Å². The lowest BCUT2D eigenvalue weighted by Gasteiger charge is -2.08. The third kappa shape index (κ3) is 1.75. The zero-order valence-electron chi connectivity index (χ0n) is 8.54. The molecule has 0 saturated carbocycles. The number of nitrogens with one attached hydrogen (secondary N) is 1. The molecule has 2 aromatic heterocycles. The van der Waals surface area contributed by atoms with Crippen LogP contribution in [0.4, 0.5) is 0 Å². The fourth-order valence-corrected chi connectivity index (χ4v) is 1.78. The molecule has 0 atom stereocenters. The predicted octanol–water partition coefficient (Wildman–Crippen LogP) is 2.70. The van der Waals surface area contributed by atoms with E-state index in [9.17, 15) is 4.79 Å². The Morgan fingerprint density at radius 2 is 2.13 bits per heavy atom. The minimum atomic E-state index is -0.126. The minimum absolute atomic E-state index is 0.126. The summed E-state index contributed by atoms with van der Waals surface area (Å²) in [6.07, 6.45) is 3.26. The van der Waals surface area contributed by atoms with Crippen molar-refractivity contribution in [2.75, 3.05) is 0 Å². The van der Waals surface area contributed by atoms with Gasteiger partial charge in [0.2, 0.25) is 0 Å². The van der Waals surface area contributed by atoms with Crippen molar-refractivity contribution in [3.8, 4) is 0 Å². The molecular weight excluding hydrogens is 212 g/mol. The van der Waals surface area contributed by atoms with E-state index in [1.807, 2.05) is 0 Å². The van der Waals surface area contributed by atoms with Crippen molar-refractivity contribution in [2.24, 2.45) is 0 Å². The van der Waals surface area contributed by atoms with E-state index in [4.69, 9.17) is 11.6 Å². The first-order valence-corrected chi connectivity index (χ1v) is 5.14. The Hall–Kier alpha value is -1.35. The molecule has 0 fully saturated rings. The number of aromatic amines is 1. The Labute approximate surface area is 92.1 Å². The van der Waals surface area contributed by atoms with Crippen LogP contribution in [0.2, 0.25) is 5.15 Å². The Balaban J connectivity index is 2.90. The van der Waals surface area contributed by atoms with Gasteiger partial charge in [0.1, 0.15) is 5.15 Å². The quantitative estimate of drug-likeness (QED) is 0.754. The highest BCUT2D eigenvalue weighted by molar-refractivity contribution is 6.30. The Morgan fingerprint density at radius 1 is 1.40 bits per heavy atom. The Morgan fingerprint density at radius 3 is 2.80 bits per heavy atom. The van der Waals surface area contributed by atoms with Crippen LogP contribution in [0.3, 0.4) is 0 Å². The van der Waals surface area contributed by atoms with Gasteiger partial charge in [-0.25, -0.2) is 4.98 Å². The molecule has 4 heteroatoms. The van der Waals surface area contributed by atoms with Gasteiger partial charge in [0.15, 0.2) is 0 Å². The largest absolute Gasteiger partial charge is 0.328 e. The molecule has 2 heterocycles. The number of hydrogen-bond acceptors (Lipinski definition) is 2. The molecule has 78 valence electrons. The van der Waals surface area contributed by atoms with Crippen LogP contribution in [0.25, 0.3) is 10.8 Å². The summed E-state index contributed by atoms with van der Waals surface area (Å²) in [5.41, 5.74) is 0.951. The molecule has 0 bridgehead atoms. The van der Waals surface area contributed by atoms with Gasteiger partial charge in [-0.15, -0.1) is 0 Å². The molecule has 3 nitrogen and oxygen atoms in total. The van der Waals surface area contributed by atoms with Crippen molar-refractivity contribution in [1.29, 1.82) is 0 Å². The van der Waals surface area contributed by atoms with Gasteiger partial charge < -0.3 is 4.98 Å². The first kappa shape index (κ1) is 10.2. The van der Waals surface area contributed by atoms with E-state index in [0.717, 1.165) is 10.9 Å². The lowest BCUT2D eigenvalue weighted by atomic mass is 10.00. The second-order valence-corrected chi connectivity index (χ2v) is 4.17.